The number of aromatic nitrogens is 1. The van der Waals surface area contributed by atoms with Crippen molar-refractivity contribution < 1.29 is 13.9 Å². The van der Waals surface area contributed by atoms with E-state index in [-0.39, 0.29) is 17.6 Å². The van der Waals surface area contributed by atoms with Gasteiger partial charge in [0, 0.05) is 4.47 Å². The van der Waals surface area contributed by atoms with E-state index in [1.807, 2.05) is 0 Å². The molecular formula is C17H12BrNO5. The fraction of sp³-hybridized carbons (Fsp3) is 0.118. The van der Waals surface area contributed by atoms with Gasteiger partial charge in [0.05, 0.1) is 23.2 Å². The number of fused-ring (bicyclic) bond motifs is 1. The summed E-state index contributed by atoms with van der Waals surface area (Å²) in [6.07, 6.45) is 0. The number of hydrogen-bond donors (Lipinski definition) is 0. The molecule has 0 aliphatic carbocycles. The van der Waals surface area contributed by atoms with E-state index in [0.29, 0.717) is 15.7 Å². The summed E-state index contributed by atoms with van der Waals surface area (Å²) < 4.78 is 11.7. The summed E-state index contributed by atoms with van der Waals surface area (Å²) in [6, 6.07) is 10.8. The van der Waals surface area contributed by atoms with Crippen LogP contribution in [0.2, 0.25) is 0 Å². The minimum Gasteiger partial charge on any atom is -0.462 e. The molecule has 0 N–H and O–H groups in total. The van der Waals surface area contributed by atoms with Crippen LogP contribution in [0.1, 0.15) is 17.3 Å². The lowest BCUT2D eigenvalue weighted by atomic mass is 10.2. The number of carbonyl (C=O) groups is 1. The molecule has 0 saturated carbocycles. The van der Waals surface area contributed by atoms with Crippen molar-refractivity contribution in [1.82, 2.24) is 4.57 Å². The molecule has 7 heteroatoms. The molecule has 6 nitrogen and oxygen atoms in total. The van der Waals surface area contributed by atoms with Gasteiger partial charge in [0.25, 0.3) is 5.56 Å². The number of ether oxygens (including phenoxy) is 1. The van der Waals surface area contributed by atoms with E-state index < -0.39 is 17.3 Å². The fourth-order valence-electron chi connectivity index (χ4n) is 2.29. The van der Waals surface area contributed by atoms with Crippen molar-refractivity contribution in [3.8, 4) is 5.69 Å². The average Bonchev–Trinajstić information content (AvgIpc) is 2.56. The highest BCUT2D eigenvalue weighted by molar-refractivity contribution is 9.10. The van der Waals surface area contributed by atoms with Crippen molar-refractivity contribution in [2.45, 2.75) is 6.92 Å². The second-order valence-corrected chi connectivity index (χ2v) is 5.83. The van der Waals surface area contributed by atoms with Crippen LogP contribution in [0, 0.1) is 0 Å². The van der Waals surface area contributed by atoms with Gasteiger partial charge in [-0.3, -0.25) is 4.79 Å². The van der Waals surface area contributed by atoms with Gasteiger partial charge in [-0.1, -0.05) is 15.9 Å². The fourth-order valence-corrected chi connectivity index (χ4v) is 2.65. The van der Waals surface area contributed by atoms with E-state index in [0.717, 1.165) is 4.57 Å². The van der Waals surface area contributed by atoms with Crippen molar-refractivity contribution >= 4 is 32.9 Å². The summed E-state index contributed by atoms with van der Waals surface area (Å²) in [6.45, 7) is 1.98. The van der Waals surface area contributed by atoms with Gasteiger partial charge in [-0.2, -0.15) is 0 Å². The normalized spacial score (nSPS) is 10.8. The lowest BCUT2D eigenvalue weighted by Crippen LogP contribution is -2.30. The number of nitrogens with zero attached hydrogens (tertiary/aromatic N) is 1. The Morgan fingerprint density at radius 3 is 2.54 bits per heavy atom. The molecule has 1 aromatic heterocycles. The van der Waals surface area contributed by atoms with E-state index in [2.05, 4.69) is 15.9 Å². The first-order chi connectivity index (χ1) is 11.5. The van der Waals surface area contributed by atoms with Crippen LogP contribution in [0.25, 0.3) is 16.7 Å². The van der Waals surface area contributed by atoms with Gasteiger partial charge in [-0.05, 0) is 49.4 Å². The van der Waals surface area contributed by atoms with Gasteiger partial charge in [0.15, 0.2) is 0 Å². The lowest BCUT2D eigenvalue weighted by molar-refractivity contribution is 0.0526. The lowest BCUT2D eigenvalue weighted by Gasteiger charge is -2.07. The number of hydrogen-bond acceptors (Lipinski definition) is 5. The second kappa shape index (κ2) is 6.45. The zero-order chi connectivity index (χ0) is 17.3. The smallest absolute Gasteiger partial charge is 0.426 e. The van der Waals surface area contributed by atoms with Crippen LogP contribution in [0.3, 0.4) is 0 Å². The van der Waals surface area contributed by atoms with Crippen molar-refractivity contribution in [1.29, 1.82) is 0 Å². The summed E-state index contributed by atoms with van der Waals surface area (Å²) in [7, 11) is 0. The van der Waals surface area contributed by atoms with Crippen LogP contribution in [0.5, 0.6) is 0 Å². The summed E-state index contributed by atoms with van der Waals surface area (Å²) in [5.41, 5.74) is 0.365. The van der Waals surface area contributed by atoms with Crippen LogP contribution in [0.4, 0.5) is 0 Å². The molecule has 3 rings (SSSR count). The van der Waals surface area contributed by atoms with Crippen LogP contribution < -0.4 is 11.3 Å². The van der Waals surface area contributed by atoms with Crippen molar-refractivity contribution in [2.24, 2.45) is 0 Å². The van der Waals surface area contributed by atoms with Crippen molar-refractivity contribution in [2.75, 3.05) is 6.61 Å². The van der Waals surface area contributed by atoms with E-state index in [4.69, 9.17) is 9.15 Å². The monoisotopic (exact) mass is 389 g/mol. The Balaban J connectivity index is 2.14. The maximum absolute atomic E-state index is 12.6. The predicted octanol–water partition coefficient (Wildman–Crippen LogP) is 2.88. The highest BCUT2D eigenvalue weighted by Crippen LogP contribution is 2.16. The van der Waals surface area contributed by atoms with Crippen molar-refractivity contribution in [3.63, 3.8) is 0 Å². The highest BCUT2D eigenvalue weighted by Gasteiger charge is 2.13. The number of rotatable bonds is 3. The Bertz CT molecular complexity index is 1030. The number of carbonyl (C=O) groups excluding carboxylic acids is 1. The zero-order valence-corrected chi connectivity index (χ0v) is 14.2. The summed E-state index contributed by atoms with van der Waals surface area (Å²) in [5.74, 6) is -1.26. The topological polar surface area (TPSA) is 78.5 Å². The molecule has 0 radical (unpaired) electrons. The first kappa shape index (κ1) is 16.2. The maximum atomic E-state index is 12.6. The Hall–Kier alpha value is -2.67. The van der Waals surface area contributed by atoms with E-state index >= 15 is 0 Å². The minimum atomic E-state index is -0.793. The molecule has 0 bridgehead atoms. The van der Waals surface area contributed by atoms with Gasteiger partial charge in [0.1, 0.15) is 5.58 Å². The van der Waals surface area contributed by atoms with Gasteiger partial charge in [-0.15, -0.1) is 0 Å². The van der Waals surface area contributed by atoms with Crippen LogP contribution in [-0.2, 0) is 4.74 Å². The van der Waals surface area contributed by atoms with E-state index in [1.54, 1.807) is 25.1 Å². The molecule has 1 heterocycles. The zero-order valence-electron chi connectivity index (χ0n) is 12.6. The third-order valence-electron chi connectivity index (χ3n) is 3.39. The standard InChI is InChI=1S/C17H12BrNO5/c1-2-23-16(21)10-3-6-12(7-4-10)19-15(20)13-9-11(18)5-8-14(13)24-17(19)22/h3-9H,2H2,1H3. The van der Waals surface area contributed by atoms with Gasteiger partial charge < -0.3 is 9.15 Å². The Kier molecular flexibility index (Phi) is 4.35. The number of benzene rings is 2. The molecule has 3 aromatic rings. The average molecular weight is 390 g/mol. The summed E-state index contributed by atoms with van der Waals surface area (Å²) >= 11 is 3.29. The molecule has 0 atom stereocenters. The largest absolute Gasteiger partial charge is 0.462 e. The third-order valence-corrected chi connectivity index (χ3v) is 3.88. The van der Waals surface area contributed by atoms with Crippen LogP contribution in [0.15, 0.2) is 60.9 Å². The molecule has 2 aromatic carbocycles. The Morgan fingerprint density at radius 2 is 1.88 bits per heavy atom. The van der Waals surface area contributed by atoms with E-state index in [1.165, 1.54) is 24.3 Å². The van der Waals surface area contributed by atoms with Gasteiger partial charge in [-0.25, -0.2) is 14.2 Å². The molecule has 0 aliphatic heterocycles. The third kappa shape index (κ3) is 2.90. The first-order valence-corrected chi connectivity index (χ1v) is 7.93. The van der Waals surface area contributed by atoms with Crippen LogP contribution >= 0.6 is 15.9 Å². The molecule has 24 heavy (non-hydrogen) atoms. The predicted molar refractivity (Wildman–Crippen MR) is 91.7 cm³/mol. The second-order valence-electron chi connectivity index (χ2n) is 4.92. The maximum Gasteiger partial charge on any atom is 0.426 e. The molecule has 0 saturated heterocycles. The molecule has 0 fully saturated rings. The van der Waals surface area contributed by atoms with Gasteiger partial charge in [0.2, 0.25) is 0 Å². The number of esters is 1. The van der Waals surface area contributed by atoms with E-state index in [9.17, 15) is 14.4 Å². The van der Waals surface area contributed by atoms with Crippen LogP contribution in [-0.4, -0.2) is 17.1 Å². The molecule has 0 spiro atoms. The molecule has 0 aliphatic rings. The molecule has 122 valence electrons. The first-order valence-electron chi connectivity index (χ1n) is 7.14. The van der Waals surface area contributed by atoms with Gasteiger partial charge >= 0.3 is 11.7 Å². The van der Waals surface area contributed by atoms with Crippen molar-refractivity contribution in [3.05, 3.63) is 73.4 Å². The highest BCUT2D eigenvalue weighted by atomic mass is 79.9. The SMILES string of the molecule is CCOC(=O)c1ccc(-n2c(=O)oc3ccc(Br)cc3c2=O)cc1. The summed E-state index contributed by atoms with van der Waals surface area (Å²) in [5, 5.41) is 0.276. The summed E-state index contributed by atoms with van der Waals surface area (Å²) in [4.78, 5) is 36.4. The Morgan fingerprint density at radius 1 is 1.17 bits per heavy atom. The molecular weight excluding hydrogens is 378 g/mol. The minimum absolute atomic E-state index is 0.215. The quantitative estimate of drug-likeness (QED) is 0.643. The molecule has 0 amide bonds. The molecule has 0 unspecified atom stereocenters. The number of halogens is 1. The Labute approximate surface area is 144 Å².